The Hall–Kier alpha value is -2.41. The van der Waals surface area contributed by atoms with Crippen LogP contribution in [0, 0.1) is 5.92 Å². The number of carbonyl (C=O) groups is 2. The normalized spacial score (nSPS) is 12.5. The summed E-state index contributed by atoms with van der Waals surface area (Å²) in [5.41, 5.74) is 1.75. The van der Waals surface area contributed by atoms with Crippen LogP contribution in [0.1, 0.15) is 39.2 Å². The van der Waals surface area contributed by atoms with Gasteiger partial charge in [-0.05, 0) is 45.2 Å². The van der Waals surface area contributed by atoms with Crippen LogP contribution in [0.15, 0.2) is 24.7 Å². The van der Waals surface area contributed by atoms with E-state index in [1.165, 1.54) is 7.11 Å². The highest BCUT2D eigenvalue weighted by Crippen LogP contribution is 2.27. The predicted molar refractivity (Wildman–Crippen MR) is 106 cm³/mol. The van der Waals surface area contributed by atoms with E-state index in [2.05, 4.69) is 10.1 Å². The summed E-state index contributed by atoms with van der Waals surface area (Å²) in [5.74, 6) is -1.26. The van der Waals surface area contributed by atoms with E-state index in [4.69, 9.17) is 21.1 Å². The van der Waals surface area contributed by atoms with Gasteiger partial charge in [0.05, 0.1) is 29.9 Å². The number of hydrogen-bond donors (Lipinski definition) is 0. The lowest BCUT2D eigenvalue weighted by atomic mass is 9.93. The van der Waals surface area contributed by atoms with E-state index in [0.717, 1.165) is 11.1 Å². The minimum Gasteiger partial charge on any atom is -0.469 e. The molecule has 0 spiro atoms. The van der Waals surface area contributed by atoms with Gasteiger partial charge in [0.1, 0.15) is 5.60 Å². The van der Waals surface area contributed by atoms with E-state index in [-0.39, 0.29) is 18.4 Å². The van der Waals surface area contributed by atoms with Gasteiger partial charge in [0.15, 0.2) is 0 Å². The molecule has 28 heavy (non-hydrogen) atoms. The number of methoxy groups -OCH3 is 1. The first-order chi connectivity index (χ1) is 13.1. The van der Waals surface area contributed by atoms with Crippen molar-refractivity contribution in [2.24, 2.45) is 13.0 Å². The first-order valence-electron chi connectivity index (χ1n) is 9.02. The number of halogens is 1. The summed E-state index contributed by atoms with van der Waals surface area (Å²) >= 11 is 6.13. The van der Waals surface area contributed by atoms with Gasteiger partial charge in [0, 0.05) is 31.4 Å². The molecule has 0 aliphatic rings. The smallest absolute Gasteiger partial charge is 0.309 e. The molecular formula is C20H26ClN3O4. The molecule has 0 aliphatic carbocycles. The fraction of sp³-hybridized carbons (Fsp3) is 0.500. The van der Waals surface area contributed by atoms with Crippen LogP contribution in [0.2, 0.25) is 5.02 Å². The Morgan fingerprint density at radius 3 is 2.57 bits per heavy atom. The van der Waals surface area contributed by atoms with E-state index in [1.807, 2.05) is 13.2 Å². The van der Waals surface area contributed by atoms with Crippen molar-refractivity contribution >= 4 is 23.5 Å². The maximum absolute atomic E-state index is 12.3. The van der Waals surface area contributed by atoms with E-state index in [1.54, 1.807) is 43.9 Å². The van der Waals surface area contributed by atoms with Gasteiger partial charge in [0.25, 0.3) is 0 Å². The van der Waals surface area contributed by atoms with Crippen molar-refractivity contribution in [2.75, 3.05) is 7.11 Å². The number of hydrogen-bond acceptors (Lipinski definition) is 6. The molecular weight excluding hydrogens is 382 g/mol. The molecule has 0 saturated heterocycles. The third-order valence-electron chi connectivity index (χ3n) is 4.03. The number of esters is 2. The van der Waals surface area contributed by atoms with Crippen molar-refractivity contribution in [3.63, 3.8) is 0 Å². The molecule has 2 aromatic heterocycles. The molecule has 0 saturated carbocycles. The first-order valence-corrected chi connectivity index (χ1v) is 9.40. The second kappa shape index (κ2) is 9.19. The van der Waals surface area contributed by atoms with Gasteiger partial charge in [-0.15, -0.1) is 0 Å². The standard InChI is InChI=1S/C20H26ClN3O4/c1-20(2,3)28-17(25)7-6-13(19(26)27-5)8-14-9-16(21)11-22-18(14)15-10-23-24(4)12-15/h9-13H,6-8H2,1-5H3/t13-/m0/s1. The quantitative estimate of drug-likeness (QED) is 0.652. The topological polar surface area (TPSA) is 83.3 Å². The SMILES string of the molecule is COC(=O)[C@@H](CCC(=O)OC(C)(C)C)Cc1cc(Cl)cnc1-c1cnn(C)c1. The molecule has 0 bridgehead atoms. The monoisotopic (exact) mass is 407 g/mol. The van der Waals surface area contributed by atoms with Crippen LogP contribution in [0.25, 0.3) is 11.3 Å². The Labute approximate surface area is 170 Å². The fourth-order valence-electron chi connectivity index (χ4n) is 2.86. The van der Waals surface area contributed by atoms with Gasteiger partial charge < -0.3 is 9.47 Å². The molecule has 0 fully saturated rings. The highest BCUT2D eigenvalue weighted by atomic mass is 35.5. The van der Waals surface area contributed by atoms with E-state index < -0.39 is 11.5 Å². The zero-order valence-corrected chi connectivity index (χ0v) is 17.6. The van der Waals surface area contributed by atoms with Crippen LogP contribution < -0.4 is 0 Å². The van der Waals surface area contributed by atoms with Crippen LogP contribution in [-0.2, 0) is 32.5 Å². The minimum atomic E-state index is -0.567. The third-order valence-corrected chi connectivity index (χ3v) is 4.24. The van der Waals surface area contributed by atoms with Crippen molar-refractivity contribution in [3.05, 3.63) is 35.2 Å². The van der Waals surface area contributed by atoms with E-state index in [9.17, 15) is 9.59 Å². The number of rotatable bonds is 7. The van der Waals surface area contributed by atoms with Crippen molar-refractivity contribution in [2.45, 2.75) is 45.6 Å². The Balaban J connectivity index is 2.21. The van der Waals surface area contributed by atoms with Gasteiger partial charge >= 0.3 is 11.9 Å². The minimum absolute atomic E-state index is 0.118. The molecule has 0 aromatic carbocycles. The van der Waals surface area contributed by atoms with Crippen molar-refractivity contribution in [1.82, 2.24) is 14.8 Å². The lowest BCUT2D eigenvalue weighted by Crippen LogP contribution is -2.26. The molecule has 0 aliphatic heterocycles. The Morgan fingerprint density at radius 2 is 2.00 bits per heavy atom. The van der Waals surface area contributed by atoms with Gasteiger partial charge in [-0.3, -0.25) is 19.3 Å². The van der Waals surface area contributed by atoms with E-state index in [0.29, 0.717) is 23.6 Å². The number of ether oxygens (including phenoxy) is 2. The predicted octanol–water partition coefficient (Wildman–Crippen LogP) is 3.59. The van der Waals surface area contributed by atoms with Gasteiger partial charge in [-0.25, -0.2) is 0 Å². The maximum atomic E-state index is 12.3. The molecule has 152 valence electrons. The van der Waals surface area contributed by atoms with Crippen LogP contribution in [0.3, 0.4) is 0 Å². The zero-order chi connectivity index (χ0) is 20.9. The molecule has 8 heteroatoms. The van der Waals surface area contributed by atoms with E-state index >= 15 is 0 Å². The molecule has 0 N–H and O–H groups in total. The van der Waals surface area contributed by atoms with Crippen molar-refractivity contribution in [3.8, 4) is 11.3 Å². The molecule has 0 amide bonds. The number of carbonyl (C=O) groups excluding carboxylic acids is 2. The van der Waals surface area contributed by atoms with Gasteiger partial charge in [-0.1, -0.05) is 11.6 Å². The summed E-state index contributed by atoms with van der Waals surface area (Å²) in [5, 5.41) is 4.64. The Bertz CT molecular complexity index is 842. The van der Waals surface area contributed by atoms with Crippen LogP contribution >= 0.6 is 11.6 Å². The number of aromatic nitrogens is 3. The Morgan fingerprint density at radius 1 is 1.29 bits per heavy atom. The van der Waals surface area contributed by atoms with Gasteiger partial charge in [0.2, 0.25) is 0 Å². The summed E-state index contributed by atoms with van der Waals surface area (Å²) in [6.07, 6.45) is 5.86. The third kappa shape index (κ3) is 6.34. The first kappa shape index (κ1) is 21.9. The molecule has 0 unspecified atom stereocenters. The molecule has 2 aromatic rings. The number of pyridine rings is 1. The van der Waals surface area contributed by atoms with Crippen LogP contribution in [0.4, 0.5) is 0 Å². The second-order valence-corrected chi connectivity index (χ2v) is 8.05. The highest BCUT2D eigenvalue weighted by Gasteiger charge is 2.25. The largest absolute Gasteiger partial charge is 0.469 e. The molecule has 2 rings (SSSR count). The summed E-state index contributed by atoms with van der Waals surface area (Å²) < 4.78 is 11.9. The van der Waals surface area contributed by atoms with Crippen molar-refractivity contribution in [1.29, 1.82) is 0 Å². The Kier molecular flexibility index (Phi) is 7.18. The summed E-state index contributed by atoms with van der Waals surface area (Å²) in [7, 11) is 3.15. The summed E-state index contributed by atoms with van der Waals surface area (Å²) in [6.45, 7) is 5.42. The lowest BCUT2D eigenvalue weighted by molar-refractivity contribution is -0.155. The second-order valence-electron chi connectivity index (χ2n) is 7.61. The highest BCUT2D eigenvalue weighted by molar-refractivity contribution is 6.30. The van der Waals surface area contributed by atoms with Crippen molar-refractivity contribution < 1.29 is 19.1 Å². The molecule has 0 radical (unpaired) electrons. The number of nitrogens with zero attached hydrogens (tertiary/aromatic N) is 3. The van der Waals surface area contributed by atoms with Crippen LogP contribution in [-0.4, -0.2) is 39.4 Å². The van der Waals surface area contributed by atoms with Gasteiger partial charge in [-0.2, -0.15) is 5.10 Å². The fourth-order valence-corrected chi connectivity index (χ4v) is 3.04. The average Bonchev–Trinajstić information content (AvgIpc) is 3.02. The molecule has 2 heterocycles. The summed E-state index contributed by atoms with van der Waals surface area (Å²) in [4.78, 5) is 28.8. The van der Waals surface area contributed by atoms with Crippen LogP contribution in [0.5, 0.6) is 0 Å². The average molecular weight is 408 g/mol. The summed E-state index contributed by atoms with van der Waals surface area (Å²) in [6, 6.07) is 1.78. The molecule has 1 atom stereocenters. The molecule has 7 nitrogen and oxygen atoms in total. The lowest BCUT2D eigenvalue weighted by Gasteiger charge is -2.21. The number of aryl methyl sites for hydroxylation is 1. The zero-order valence-electron chi connectivity index (χ0n) is 16.9. The maximum Gasteiger partial charge on any atom is 0.309 e.